The highest BCUT2D eigenvalue weighted by atomic mass is 127. The summed E-state index contributed by atoms with van der Waals surface area (Å²) in [6.45, 7) is 11.5. The Kier molecular flexibility index (Phi) is 16.6. The molecular weight excluding hydrogens is 483 g/mol. The average molecular weight is 520 g/mol. The maximum Gasteiger partial charge on any atom is 0.253 e. The maximum atomic E-state index is 12.4. The largest absolute Gasteiger partial charge is 0.382 e. The molecule has 1 aromatic carbocycles. The van der Waals surface area contributed by atoms with Gasteiger partial charge in [0.05, 0.1) is 19.8 Å². The van der Waals surface area contributed by atoms with E-state index in [0.29, 0.717) is 26.4 Å². The number of guanidine groups is 1. The molecule has 1 amide bonds. The summed E-state index contributed by atoms with van der Waals surface area (Å²) >= 11 is 0. The van der Waals surface area contributed by atoms with E-state index in [1.165, 1.54) is 0 Å². The second-order valence-corrected chi connectivity index (χ2v) is 6.26. The molecule has 0 saturated heterocycles. The normalized spacial score (nSPS) is 11.0. The van der Waals surface area contributed by atoms with Gasteiger partial charge in [-0.1, -0.05) is 12.1 Å². The third kappa shape index (κ3) is 11.4. The molecule has 1 rings (SSSR count). The van der Waals surface area contributed by atoms with Crippen LogP contribution in [0.15, 0.2) is 29.3 Å². The number of aliphatic imine (C=N–C) groups is 1. The Morgan fingerprint density at radius 1 is 1.03 bits per heavy atom. The van der Waals surface area contributed by atoms with Crippen molar-refractivity contribution >= 4 is 35.8 Å². The first kappa shape index (κ1) is 27.6. The van der Waals surface area contributed by atoms with Gasteiger partial charge in [0, 0.05) is 45.5 Å². The molecule has 0 unspecified atom stereocenters. The van der Waals surface area contributed by atoms with Crippen molar-refractivity contribution in [2.45, 2.75) is 33.7 Å². The summed E-state index contributed by atoms with van der Waals surface area (Å²) in [5.41, 5.74) is 1.78. The van der Waals surface area contributed by atoms with E-state index in [1.54, 1.807) is 7.11 Å². The van der Waals surface area contributed by atoms with Gasteiger partial charge in [0.1, 0.15) is 0 Å². The summed E-state index contributed by atoms with van der Waals surface area (Å²) in [6.07, 6.45) is 0.899. The summed E-state index contributed by atoms with van der Waals surface area (Å²) in [7, 11) is 1.67. The summed E-state index contributed by atoms with van der Waals surface area (Å²) in [4.78, 5) is 18.8. The van der Waals surface area contributed by atoms with E-state index in [2.05, 4.69) is 15.6 Å². The zero-order chi connectivity index (χ0) is 20.6. The Labute approximate surface area is 192 Å². The fraction of sp³-hybridized carbons (Fsp3) is 0.619. The molecule has 0 heterocycles. The molecule has 0 aliphatic rings. The molecule has 2 N–H and O–H groups in total. The van der Waals surface area contributed by atoms with E-state index in [1.807, 2.05) is 49.9 Å². The van der Waals surface area contributed by atoms with Crippen molar-refractivity contribution in [3.8, 4) is 0 Å². The fourth-order valence-electron chi connectivity index (χ4n) is 2.58. The van der Waals surface area contributed by atoms with E-state index >= 15 is 0 Å². The van der Waals surface area contributed by atoms with Crippen LogP contribution in [0.3, 0.4) is 0 Å². The predicted octanol–water partition coefficient (Wildman–Crippen LogP) is 2.89. The molecule has 0 saturated carbocycles. The lowest BCUT2D eigenvalue weighted by Crippen LogP contribution is -2.38. The smallest absolute Gasteiger partial charge is 0.253 e. The van der Waals surface area contributed by atoms with Crippen molar-refractivity contribution in [3.05, 3.63) is 35.4 Å². The number of rotatable bonds is 13. The molecule has 0 radical (unpaired) electrons. The monoisotopic (exact) mass is 520 g/mol. The van der Waals surface area contributed by atoms with E-state index in [4.69, 9.17) is 9.47 Å². The second-order valence-electron chi connectivity index (χ2n) is 6.26. The first-order chi connectivity index (χ1) is 13.7. The molecule has 29 heavy (non-hydrogen) atoms. The zero-order valence-electron chi connectivity index (χ0n) is 18.2. The highest BCUT2D eigenvalue weighted by Crippen LogP contribution is 2.09. The number of hydrogen-bond acceptors (Lipinski definition) is 4. The first-order valence-corrected chi connectivity index (χ1v) is 10.1. The predicted molar refractivity (Wildman–Crippen MR) is 129 cm³/mol. The molecule has 0 atom stereocenters. The lowest BCUT2D eigenvalue weighted by Gasteiger charge is -2.18. The molecule has 0 aromatic heterocycles. The lowest BCUT2D eigenvalue weighted by molar-refractivity contribution is 0.0698. The molecule has 7 nitrogen and oxygen atoms in total. The topological polar surface area (TPSA) is 75.2 Å². The van der Waals surface area contributed by atoms with E-state index in [9.17, 15) is 4.79 Å². The summed E-state index contributed by atoms with van der Waals surface area (Å²) < 4.78 is 10.4. The van der Waals surface area contributed by atoms with Gasteiger partial charge in [0.2, 0.25) is 0 Å². The van der Waals surface area contributed by atoms with E-state index < -0.39 is 0 Å². The number of carbonyl (C=O) groups is 1. The molecule has 0 bridgehead atoms. The Bertz CT molecular complexity index is 578. The Morgan fingerprint density at radius 2 is 1.72 bits per heavy atom. The van der Waals surface area contributed by atoms with E-state index in [0.717, 1.165) is 49.7 Å². The van der Waals surface area contributed by atoms with Crippen molar-refractivity contribution in [2.75, 3.05) is 53.1 Å². The Morgan fingerprint density at radius 3 is 2.31 bits per heavy atom. The van der Waals surface area contributed by atoms with Gasteiger partial charge in [0.15, 0.2) is 5.96 Å². The van der Waals surface area contributed by atoms with Crippen LogP contribution in [-0.4, -0.2) is 69.9 Å². The van der Waals surface area contributed by atoms with Gasteiger partial charge in [-0.25, -0.2) is 4.99 Å². The number of nitrogens with one attached hydrogen (secondary N) is 2. The Hall–Kier alpha value is -1.39. The van der Waals surface area contributed by atoms with Crippen LogP contribution in [0, 0.1) is 0 Å². The molecule has 1 aromatic rings. The number of hydrogen-bond donors (Lipinski definition) is 2. The number of ether oxygens (including phenoxy) is 2. The van der Waals surface area contributed by atoms with Crippen LogP contribution in [-0.2, 0) is 16.0 Å². The number of benzene rings is 1. The van der Waals surface area contributed by atoms with Crippen molar-refractivity contribution in [1.82, 2.24) is 15.5 Å². The zero-order valence-corrected chi connectivity index (χ0v) is 20.5. The molecule has 0 fully saturated rings. The van der Waals surface area contributed by atoms with Crippen molar-refractivity contribution in [2.24, 2.45) is 4.99 Å². The van der Waals surface area contributed by atoms with Gasteiger partial charge in [-0.3, -0.25) is 4.79 Å². The number of nitrogens with zero attached hydrogens (tertiary/aromatic N) is 2. The quantitative estimate of drug-likeness (QED) is 0.181. The third-order valence-corrected chi connectivity index (χ3v) is 4.21. The van der Waals surface area contributed by atoms with Gasteiger partial charge < -0.3 is 25.0 Å². The van der Waals surface area contributed by atoms with Gasteiger partial charge in [-0.2, -0.15) is 0 Å². The van der Waals surface area contributed by atoms with Crippen LogP contribution in [0.5, 0.6) is 0 Å². The minimum atomic E-state index is 0. The molecular formula is C21H37IN4O3. The highest BCUT2D eigenvalue weighted by molar-refractivity contribution is 14.0. The molecule has 0 spiro atoms. The number of carbonyl (C=O) groups excluding carboxylic acids is 1. The first-order valence-electron chi connectivity index (χ1n) is 10.1. The minimum absolute atomic E-state index is 0. The van der Waals surface area contributed by atoms with Crippen LogP contribution in [0.25, 0.3) is 0 Å². The highest BCUT2D eigenvalue weighted by Gasteiger charge is 2.11. The van der Waals surface area contributed by atoms with Gasteiger partial charge >= 0.3 is 0 Å². The summed E-state index contributed by atoms with van der Waals surface area (Å²) in [5, 5.41) is 6.55. The van der Waals surface area contributed by atoms with Crippen LogP contribution in [0.1, 0.15) is 43.1 Å². The van der Waals surface area contributed by atoms with Gasteiger partial charge in [0.25, 0.3) is 5.91 Å². The van der Waals surface area contributed by atoms with Crippen molar-refractivity contribution in [1.29, 1.82) is 0 Å². The molecule has 0 aliphatic heterocycles. The van der Waals surface area contributed by atoms with Crippen LogP contribution >= 0.6 is 24.0 Å². The standard InChI is InChI=1S/C21H36N4O3.HI/c1-5-22-21(23-13-8-14-28-16-15-27-4)24-17-18-9-11-19(12-10-18)20(26)25(6-2)7-3;/h9-12H,5-8,13-17H2,1-4H3,(H2,22,23,24);1H. The van der Waals surface area contributed by atoms with Crippen molar-refractivity contribution < 1.29 is 14.3 Å². The van der Waals surface area contributed by atoms with Crippen LogP contribution in [0.4, 0.5) is 0 Å². The van der Waals surface area contributed by atoms with Crippen LogP contribution in [0.2, 0.25) is 0 Å². The summed E-state index contributed by atoms with van der Waals surface area (Å²) in [5.74, 6) is 0.852. The SMILES string of the molecule is CCNC(=NCc1ccc(C(=O)N(CC)CC)cc1)NCCCOCCOC.I. The lowest BCUT2D eigenvalue weighted by atomic mass is 10.1. The minimum Gasteiger partial charge on any atom is -0.382 e. The number of halogens is 1. The van der Waals surface area contributed by atoms with Crippen LogP contribution < -0.4 is 10.6 Å². The summed E-state index contributed by atoms with van der Waals surface area (Å²) in [6, 6.07) is 7.69. The number of methoxy groups -OCH3 is 1. The second kappa shape index (κ2) is 17.5. The molecule has 0 aliphatic carbocycles. The Balaban J connectivity index is 0.00000784. The van der Waals surface area contributed by atoms with E-state index in [-0.39, 0.29) is 29.9 Å². The van der Waals surface area contributed by atoms with Crippen molar-refractivity contribution in [3.63, 3.8) is 0 Å². The average Bonchev–Trinajstić information content (AvgIpc) is 2.72. The fourth-order valence-corrected chi connectivity index (χ4v) is 2.58. The van der Waals surface area contributed by atoms with Gasteiger partial charge in [-0.15, -0.1) is 24.0 Å². The molecule has 166 valence electrons. The number of amides is 1. The maximum absolute atomic E-state index is 12.4. The third-order valence-electron chi connectivity index (χ3n) is 4.21. The van der Waals surface area contributed by atoms with Gasteiger partial charge in [-0.05, 0) is 44.9 Å². The molecule has 8 heteroatoms.